The molecule has 0 radical (unpaired) electrons. The van der Waals surface area contributed by atoms with E-state index in [1.54, 1.807) is 7.11 Å². The van der Waals surface area contributed by atoms with Crippen molar-refractivity contribution in [1.29, 1.82) is 0 Å². The summed E-state index contributed by atoms with van der Waals surface area (Å²) in [6, 6.07) is 5.65. The molecule has 0 aromatic heterocycles. The Hall–Kier alpha value is -1.22. The first-order valence-electron chi connectivity index (χ1n) is 6.02. The second-order valence-corrected chi connectivity index (χ2v) is 5.18. The molecule has 0 spiro atoms. The molecule has 4 heteroatoms. The number of ether oxygens (including phenoxy) is 2. The number of rotatable bonds is 4. The van der Waals surface area contributed by atoms with Crippen LogP contribution in [-0.2, 0) is 16.0 Å². The van der Waals surface area contributed by atoms with Gasteiger partial charge in [0, 0.05) is 0 Å². The number of hydrogen-bond donors (Lipinski definition) is 0. The summed E-state index contributed by atoms with van der Waals surface area (Å²) < 4.78 is 10.0. The Labute approximate surface area is 112 Å². The molecule has 1 aromatic carbocycles. The van der Waals surface area contributed by atoms with Gasteiger partial charge in [-0.1, -0.05) is 24.1 Å². The highest BCUT2D eigenvalue weighted by molar-refractivity contribution is 6.32. The summed E-state index contributed by atoms with van der Waals surface area (Å²) in [5.41, 5.74) is 0.707. The predicted molar refractivity (Wildman–Crippen MR) is 70.0 cm³/mol. The van der Waals surface area contributed by atoms with Crippen molar-refractivity contribution in [2.24, 2.45) is 5.41 Å². The first kappa shape index (κ1) is 13.2. The van der Waals surface area contributed by atoms with E-state index >= 15 is 0 Å². The van der Waals surface area contributed by atoms with Crippen molar-refractivity contribution >= 4 is 17.6 Å². The van der Waals surface area contributed by atoms with Gasteiger partial charge in [-0.2, -0.15) is 0 Å². The summed E-state index contributed by atoms with van der Waals surface area (Å²) in [5.74, 6) is 0.543. The van der Waals surface area contributed by atoms with E-state index in [2.05, 4.69) is 0 Å². The maximum atomic E-state index is 11.8. The third kappa shape index (κ3) is 2.32. The summed E-state index contributed by atoms with van der Waals surface area (Å²) in [6.45, 7) is 0. The monoisotopic (exact) mass is 268 g/mol. The zero-order chi connectivity index (χ0) is 13.2. The zero-order valence-corrected chi connectivity index (χ0v) is 11.4. The summed E-state index contributed by atoms with van der Waals surface area (Å²) in [5, 5.41) is 0.578. The van der Waals surface area contributed by atoms with Crippen LogP contribution in [0.5, 0.6) is 5.75 Å². The Morgan fingerprint density at radius 1 is 1.39 bits per heavy atom. The van der Waals surface area contributed by atoms with Gasteiger partial charge in [0.2, 0.25) is 0 Å². The van der Waals surface area contributed by atoms with Crippen molar-refractivity contribution in [2.45, 2.75) is 25.7 Å². The van der Waals surface area contributed by atoms with E-state index in [-0.39, 0.29) is 11.4 Å². The maximum Gasteiger partial charge on any atom is 0.312 e. The van der Waals surface area contributed by atoms with Gasteiger partial charge in [-0.25, -0.2) is 0 Å². The number of methoxy groups -OCH3 is 2. The smallest absolute Gasteiger partial charge is 0.312 e. The highest BCUT2D eigenvalue weighted by Crippen LogP contribution is 2.45. The Kier molecular flexibility index (Phi) is 3.81. The van der Waals surface area contributed by atoms with Gasteiger partial charge in [-0.3, -0.25) is 4.79 Å². The molecule has 18 heavy (non-hydrogen) atoms. The van der Waals surface area contributed by atoms with Crippen LogP contribution in [0.2, 0.25) is 5.02 Å². The van der Waals surface area contributed by atoms with Crippen LogP contribution in [-0.4, -0.2) is 20.2 Å². The van der Waals surface area contributed by atoms with Crippen molar-refractivity contribution in [1.82, 2.24) is 0 Å². The van der Waals surface area contributed by atoms with Gasteiger partial charge < -0.3 is 9.47 Å². The molecule has 1 aliphatic carbocycles. The van der Waals surface area contributed by atoms with Crippen molar-refractivity contribution in [3.8, 4) is 5.75 Å². The molecule has 98 valence electrons. The van der Waals surface area contributed by atoms with Crippen LogP contribution in [0.25, 0.3) is 0 Å². The van der Waals surface area contributed by atoms with Crippen LogP contribution in [0.3, 0.4) is 0 Å². The Morgan fingerprint density at radius 3 is 2.56 bits per heavy atom. The van der Waals surface area contributed by atoms with Crippen LogP contribution in [0.1, 0.15) is 24.8 Å². The molecule has 0 N–H and O–H groups in total. The fourth-order valence-corrected chi connectivity index (χ4v) is 2.76. The lowest BCUT2D eigenvalue weighted by Crippen LogP contribution is -2.40. The molecule has 0 unspecified atom stereocenters. The van der Waals surface area contributed by atoms with Crippen molar-refractivity contribution in [3.05, 3.63) is 28.8 Å². The lowest BCUT2D eigenvalue weighted by molar-refractivity contribution is -0.158. The van der Waals surface area contributed by atoms with Gasteiger partial charge in [0.05, 0.1) is 24.7 Å². The zero-order valence-electron chi connectivity index (χ0n) is 10.7. The third-order valence-electron chi connectivity index (χ3n) is 3.69. The third-order valence-corrected chi connectivity index (χ3v) is 3.98. The highest BCUT2D eigenvalue weighted by atomic mass is 35.5. The van der Waals surface area contributed by atoms with Crippen LogP contribution in [0, 0.1) is 5.41 Å². The van der Waals surface area contributed by atoms with E-state index < -0.39 is 0 Å². The number of benzene rings is 1. The molecule has 1 aromatic rings. The highest BCUT2D eigenvalue weighted by Gasteiger charge is 2.45. The molecule has 0 bridgehead atoms. The van der Waals surface area contributed by atoms with Crippen molar-refractivity contribution in [2.75, 3.05) is 14.2 Å². The topological polar surface area (TPSA) is 35.5 Å². The Balaban J connectivity index is 2.18. The molecule has 0 amide bonds. The number of carbonyl (C=O) groups is 1. The maximum absolute atomic E-state index is 11.8. The molecule has 2 rings (SSSR count). The molecular formula is C14H17ClO3. The van der Waals surface area contributed by atoms with Gasteiger partial charge in [-0.15, -0.1) is 0 Å². The van der Waals surface area contributed by atoms with Gasteiger partial charge in [0.15, 0.2) is 0 Å². The number of hydrogen-bond acceptors (Lipinski definition) is 3. The SMILES string of the molecule is COC(=O)C1(Cc2ccc(OC)c(Cl)c2)CCC1. The van der Waals surface area contributed by atoms with E-state index in [0.29, 0.717) is 17.2 Å². The van der Waals surface area contributed by atoms with Gasteiger partial charge in [-0.05, 0) is 37.0 Å². The second kappa shape index (κ2) is 5.19. The quantitative estimate of drug-likeness (QED) is 0.787. The molecule has 3 nitrogen and oxygen atoms in total. The Morgan fingerprint density at radius 2 is 2.11 bits per heavy atom. The average Bonchev–Trinajstić information content (AvgIpc) is 2.33. The standard InChI is InChI=1S/C14H17ClO3/c1-17-12-5-4-10(8-11(12)15)9-14(6-3-7-14)13(16)18-2/h4-5,8H,3,6-7,9H2,1-2H3. The minimum Gasteiger partial charge on any atom is -0.495 e. The van der Waals surface area contributed by atoms with E-state index in [1.807, 2.05) is 18.2 Å². The summed E-state index contributed by atoms with van der Waals surface area (Å²) >= 11 is 6.09. The van der Waals surface area contributed by atoms with E-state index in [0.717, 1.165) is 24.8 Å². The van der Waals surface area contributed by atoms with Crippen LogP contribution >= 0.6 is 11.6 Å². The van der Waals surface area contributed by atoms with Gasteiger partial charge in [0.25, 0.3) is 0 Å². The number of carbonyl (C=O) groups excluding carboxylic acids is 1. The van der Waals surface area contributed by atoms with E-state index in [9.17, 15) is 4.79 Å². The predicted octanol–water partition coefficient (Wildman–Crippen LogP) is 3.23. The Bertz CT molecular complexity index is 452. The first-order valence-corrected chi connectivity index (χ1v) is 6.40. The molecule has 1 fully saturated rings. The molecule has 0 heterocycles. The normalized spacial score (nSPS) is 16.8. The molecule has 0 saturated heterocycles. The molecule has 1 saturated carbocycles. The van der Waals surface area contributed by atoms with E-state index in [1.165, 1.54) is 7.11 Å². The fourth-order valence-electron chi connectivity index (χ4n) is 2.48. The summed E-state index contributed by atoms with van der Waals surface area (Å²) in [6.07, 6.45) is 3.55. The van der Waals surface area contributed by atoms with Crippen LogP contribution in [0.15, 0.2) is 18.2 Å². The first-order chi connectivity index (χ1) is 8.61. The fraction of sp³-hybridized carbons (Fsp3) is 0.500. The molecule has 0 aliphatic heterocycles. The van der Waals surface area contributed by atoms with Gasteiger partial charge in [0.1, 0.15) is 5.75 Å². The minimum atomic E-state index is -0.341. The van der Waals surface area contributed by atoms with Crippen molar-refractivity contribution < 1.29 is 14.3 Å². The molecule has 1 aliphatic rings. The lowest BCUT2D eigenvalue weighted by atomic mass is 9.65. The second-order valence-electron chi connectivity index (χ2n) is 4.77. The summed E-state index contributed by atoms with van der Waals surface area (Å²) in [7, 11) is 3.03. The minimum absolute atomic E-state index is 0.110. The molecular weight excluding hydrogens is 252 g/mol. The average molecular weight is 269 g/mol. The van der Waals surface area contributed by atoms with Crippen LogP contribution in [0.4, 0.5) is 0 Å². The van der Waals surface area contributed by atoms with Crippen LogP contribution < -0.4 is 4.74 Å². The van der Waals surface area contributed by atoms with Gasteiger partial charge >= 0.3 is 5.97 Å². The van der Waals surface area contributed by atoms with Crippen molar-refractivity contribution in [3.63, 3.8) is 0 Å². The van der Waals surface area contributed by atoms with E-state index in [4.69, 9.17) is 21.1 Å². The summed E-state index contributed by atoms with van der Waals surface area (Å²) in [4.78, 5) is 11.8. The number of halogens is 1. The largest absolute Gasteiger partial charge is 0.495 e. The number of esters is 1. The molecule has 0 atom stereocenters. The lowest BCUT2D eigenvalue weighted by Gasteiger charge is -2.39.